The van der Waals surface area contributed by atoms with Gasteiger partial charge in [0.25, 0.3) is 5.54 Å². The lowest BCUT2D eigenvalue weighted by Crippen LogP contribution is -2.53. The Bertz CT molecular complexity index is 720. The molecule has 1 N–H and O–H groups in total. The number of para-hydroxylation sites is 1. The van der Waals surface area contributed by atoms with E-state index in [0.717, 1.165) is 5.69 Å². The number of aliphatic hydroxyl groups is 1. The van der Waals surface area contributed by atoms with Gasteiger partial charge < -0.3 is 10.0 Å². The van der Waals surface area contributed by atoms with Crippen LogP contribution in [0.15, 0.2) is 48.5 Å². The first-order chi connectivity index (χ1) is 10.5. The Kier molecular flexibility index (Phi) is 3.54. The van der Waals surface area contributed by atoms with Gasteiger partial charge in [-0.2, -0.15) is 0 Å². The quantitative estimate of drug-likeness (QED) is 0.683. The van der Waals surface area contributed by atoms with Crippen LogP contribution in [-0.4, -0.2) is 23.6 Å². The molecule has 0 spiro atoms. The third kappa shape index (κ3) is 2.05. The topological polar surface area (TPSA) is 66.6 Å². The van der Waals surface area contributed by atoms with E-state index in [-0.39, 0.29) is 6.54 Å². The molecule has 0 radical (unpaired) electrons. The lowest BCUT2D eigenvalue weighted by Gasteiger charge is -2.40. The second kappa shape index (κ2) is 5.26. The number of rotatable bonds is 2. The van der Waals surface area contributed by atoms with E-state index in [1.165, 1.54) is 0 Å². The number of anilines is 1. The predicted octanol–water partition coefficient (Wildman–Crippen LogP) is 3.00. The molecule has 1 heterocycles. The Morgan fingerprint density at radius 1 is 1.27 bits per heavy atom. The fraction of sp³-hybridized carbons (Fsp3) is 0.250. The summed E-state index contributed by atoms with van der Waals surface area (Å²) in [7, 11) is 1.79. The summed E-state index contributed by atoms with van der Waals surface area (Å²) in [5.41, 5.74) is 0.188. The van der Waals surface area contributed by atoms with Crippen molar-refractivity contribution in [2.45, 2.75) is 11.6 Å². The van der Waals surface area contributed by atoms with Gasteiger partial charge in [-0.05, 0) is 18.2 Å². The number of nitrogens with zero attached hydrogens (tertiary/aromatic N) is 2. The Labute approximate surface area is 132 Å². The lowest BCUT2D eigenvalue weighted by atomic mass is 9.78. The SMILES string of the molecule is CN1CC(c2ccc(Cl)cc2)([N+](=O)[O-])C(O)c2ccccc21. The molecule has 114 valence electrons. The van der Waals surface area contributed by atoms with E-state index < -0.39 is 16.6 Å². The van der Waals surface area contributed by atoms with Crippen LogP contribution in [0.1, 0.15) is 17.2 Å². The summed E-state index contributed by atoms with van der Waals surface area (Å²) in [5.74, 6) is 0. The number of aliphatic hydroxyl groups excluding tert-OH is 1. The van der Waals surface area contributed by atoms with E-state index in [1.54, 1.807) is 48.3 Å². The predicted molar refractivity (Wildman–Crippen MR) is 84.8 cm³/mol. The van der Waals surface area contributed by atoms with Crippen LogP contribution in [0.5, 0.6) is 0 Å². The molecule has 2 atom stereocenters. The molecule has 2 aromatic carbocycles. The van der Waals surface area contributed by atoms with Crippen LogP contribution in [-0.2, 0) is 5.54 Å². The molecule has 0 aromatic heterocycles. The van der Waals surface area contributed by atoms with Crippen molar-refractivity contribution in [2.24, 2.45) is 0 Å². The fourth-order valence-corrected chi connectivity index (χ4v) is 3.23. The van der Waals surface area contributed by atoms with Crippen LogP contribution < -0.4 is 4.90 Å². The van der Waals surface area contributed by atoms with Crippen LogP contribution in [0, 0.1) is 10.1 Å². The van der Waals surface area contributed by atoms with Crippen molar-refractivity contribution < 1.29 is 10.0 Å². The number of nitro groups is 1. The standard InChI is InChI=1S/C16H15ClN2O3/c1-18-10-16(19(21)22,11-6-8-12(17)9-7-11)15(20)13-4-2-3-5-14(13)18/h2-9,15,20H,10H2,1H3. The van der Waals surface area contributed by atoms with Crippen LogP contribution in [0.3, 0.4) is 0 Å². The van der Waals surface area contributed by atoms with Gasteiger partial charge in [0.05, 0.1) is 6.54 Å². The maximum Gasteiger partial charge on any atom is 0.293 e. The molecule has 5 nitrogen and oxygen atoms in total. The molecular weight excluding hydrogens is 304 g/mol. The summed E-state index contributed by atoms with van der Waals surface area (Å²) in [6, 6.07) is 13.6. The lowest BCUT2D eigenvalue weighted by molar-refractivity contribution is -0.592. The van der Waals surface area contributed by atoms with Crippen LogP contribution in [0.4, 0.5) is 5.69 Å². The number of benzene rings is 2. The minimum atomic E-state index is -1.62. The number of hydrogen-bond acceptors (Lipinski definition) is 4. The van der Waals surface area contributed by atoms with Gasteiger partial charge in [-0.25, -0.2) is 0 Å². The second-order valence-electron chi connectivity index (χ2n) is 5.51. The van der Waals surface area contributed by atoms with Crippen molar-refractivity contribution in [3.63, 3.8) is 0 Å². The minimum Gasteiger partial charge on any atom is -0.380 e. The first kappa shape index (κ1) is 14.8. The molecule has 0 aliphatic carbocycles. The molecule has 6 heteroatoms. The van der Waals surface area contributed by atoms with Gasteiger partial charge in [0, 0.05) is 33.8 Å². The van der Waals surface area contributed by atoms with Gasteiger partial charge in [0.1, 0.15) is 0 Å². The molecular formula is C16H15ClN2O3. The molecule has 1 aliphatic heterocycles. The second-order valence-corrected chi connectivity index (χ2v) is 5.94. The highest BCUT2D eigenvalue weighted by atomic mass is 35.5. The van der Waals surface area contributed by atoms with Crippen LogP contribution >= 0.6 is 11.6 Å². The number of fused-ring (bicyclic) bond motifs is 1. The van der Waals surface area contributed by atoms with Gasteiger partial charge in [-0.3, -0.25) is 10.1 Å². The summed E-state index contributed by atoms with van der Waals surface area (Å²) in [6.45, 7) is 0.0831. The molecule has 0 saturated carbocycles. The van der Waals surface area contributed by atoms with Gasteiger partial charge in [-0.1, -0.05) is 41.9 Å². The average Bonchev–Trinajstić information content (AvgIpc) is 2.51. The van der Waals surface area contributed by atoms with Crippen molar-refractivity contribution >= 4 is 17.3 Å². The van der Waals surface area contributed by atoms with Crippen molar-refractivity contribution in [1.82, 2.24) is 0 Å². The van der Waals surface area contributed by atoms with Crippen molar-refractivity contribution in [1.29, 1.82) is 0 Å². The largest absolute Gasteiger partial charge is 0.380 e. The summed E-state index contributed by atoms with van der Waals surface area (Å²) in [4.78, 5) is 13.3. The van der Waals surface area contributed by atoms with E-state index in [0.29, 0.717) is 16.1 Å². The molecule has 2 aromatic rings. The monoisotopic (exact) mass is 318 g/mol. The molecule has 22 heavy (non-hydrogen) atoms. The zero-order valence-corrected chi connectivity index (χ0v) is 12.7. The van der Waals surface area contributed by atoms with Gasteiger partial charge >= 0.3 is 0 Å². The minimum absolute atomic E-state index is 0.0831. The Balaban J connectivity index is 2.21. The molecule has 0 amide bonds. The van der Waals surface area contributed by atoms with Gasteiger partial charge in [0.15, 0.2) is 6.10 Å². The normalized spacial score (nSPS) is 24.0. The number of hydrogen-bond donors (Lipinski definition) is 1. The fourth-order valence-electron chi connectivity index (χ4n) is 3.11. The molecule has 2 unspecified atom stereocenters. The molecule has 0 fully saturated rings. The van der Waals surface area contributed by atoms with Gasteiger partial charge in [-0.15, -0.1) is 0 Å². The third-order valence-electron chi connectivity index (χ3n) is 4.24. The Morgan fingerprint density at radius 2 is 1.91 bits per heavy atom. The maximum absolute atomic E-state index is 11.9. The smallest absolute Gasteiger partial charge is 0.293 e. The van der Waals surface area contributed by atoms with Crippen molar-refractivity contribution in [3.8, 4) is 0 Å². The van der Waals surface area contributed by atoms with Crippen LogP contribution in [0.25, 0.3) is 0 Å². The first-order valence-electron chi connectivity index (χ1n) is 6.85. The highest BCUT2D eigenvalue weighted by Crippen LogP contribution is 2.46. The van der Waals surface area contributed by atoms with E-state index >= 15 is 0 Å². The third-order valence-corrected chi connectivity index (χ3v) is 4.50. The van der Waals surface area contributed by atoms with Crippen molar-refractivity contribution in [3.05, 3.63) is 74.8 Å². The van der Waals surface area contributed by atoms with Crippen molar-refractivity contribution in [2.75, 3.05) is 18.5 Å². The Morgan fingerprint density at radius 3 is 2.55 bits per heavy atom. The zero-order chi connectivity index (χ0) is 15.9. The van der Waals surface area contributed by atoms with Crippen LogP contribution in [0.2, 0.25) is 5.02 Å². The van der Waals surface area contributed by atoms with E-state index in [4.69, 9.17) is 11.6 Å². The summed E-state index contributed by atoms with van der Waals surface area (Å²) >= 11 is 5.88. The highest BCUT2D eigenvalue weighted by molar-refractivity contribution is 6.30. The first-order valence-corrected chi connectivity index (χ1v) is 7.23. The number of halogens is 1. The number of likely N-dealkylation sites (N-methyl/N-ethyl adjacent to an activating group) is 1. The van der Waals surface area contributed by atoms with E-state index in [2.05, 4.69) is 0 Å². The Hall–Kier alpha value is -2.11. The maximum atomic E-state index is 11.9. The highest BCUT2D eigenvalue weighted by Gasteiger charge is 2.56. The molecule has 0 saturated heterocycles. The zero-order valence-electron chi connectivity index (χ0n) is 11.9. The summed E-state index contributed by atoms with van der Waals surface area (Å²) < 4.78 is 0. The summed E-state index contributed by atoms with van der Waals surface area (Å²) in [6.07, 6.45) is -1.23. The van der Waals surface area contributed by atoms with E-state index in [9.17, 15) is 15.2 Å². The average molecular weight is 319 g/mol. The molecule has 3 rings (SSSR count). The van der Waals surface area contributed by atoms with Gasteiger partial charge in [0.2, 0.25) is 0 Å². The summed E-state index contributed by atoms with van der Waals surface area (Å²) in [5, 5.41) is 23.2. The molecule has 0 bridgehead atoms. The molecule has 1 aliphatic rings. The van der Waals surface area contributed by atoms with E-state index in [1.807, 2.05) is 12.1 Å².